The fourth-order valence-corrected chi connectivity index (χ4v) is 4.61. The van der Waals surface area contributed by atoms with Crippen LogP contribution in [0.5, 0.6) is 0 Å². The number of hydrogen-bond acceptors (Lipinski definition) is 2. The predicted molar refractivity (Wildman–Crippen MR) is 138 cm³/mol. The first-order valence-corrected chi connectivity index (χ1v) is 12.2. The van der Waals surface area contributed by atoms with Crippen molar-refractivity contribution >= 4 is 30.6 Å². The Labute approximate surface area is 190 Å². The Kier molecular flexibility index (Phi) is 5.76. The minimum Gasteiger partial charge on any atom is -0.421 e. The van der Waals surface area contributed by atoms with Crippen LogP contribution in [0.15, 0.2) is 32.7 Å². The topological polar surface area (TPSA) is 26.3 Å². The summed E-state index contributed by atoms with van der Waals surface area (Å²) in [4.78, 5) is 0. The second kappa shape index (κ2) is 7.45. The third kappa shape index (κ3) is 4.75. The molecule has 0 aliphatic heterocycles. The maximum absolute atomic E-state index is 6.35. The normalized spacial score (nSPS) is 13.8. The van der Waals surface area contributed by atoms with Crippen LogP contribution in [0.1, 0.15) is 105 Å². The van der Waals surface area contributed by atoms with Crippen molar-refractivity contribution in [2.45, 2.75) is 105 Å². The van der Waals surface area contributed by atoms with Crippen molar-refractivity contribution in [3.05, 3.63) is 46.5 Å². The van der Waals surface area contributed by atoms with Crippen molar-refractivity contribution in [1.29, 1.82) is 0 Å². The van der Waals surface area contributed by atoms with Gasteiger partial charge in [0.15, 0.2) is 0 Å². The first-order valence-electron chi connectivity index (χ1n) is 11.4. The maximum atomic E-state index is 6.35. The van der Waals surface area contributed by atoms with E-state index in [1.165, 1.54) is 22.3 Å². The van der Waals surface area contributed by atoms with Gasteiger partial charge in [-0.15, -0.1) is 0 Å². The summed E-state index contributed by atoms with van der Waals surface area (Å²) in [6.45, 7) is 27.3. The molecule has 1 aromatic heterocycles. The van der Waals surface area contributed by atoms with Gasteiger partial charge in [-0.05, 0) is 44.9 Å². The molecule has 3 heteroatoms. The predicted octanol–water partition coefficient (Wildman–Crippen LogP) is 9.52. The van der Waals surface area contributed by atoms with Crippen LogP contribution in [-0.2, 0) is 21.7 Å². The van der Waals surface area contributed by atoms with Gasteiger partial charge in [0.05, 0.1) is 0 Å². The van der Waals surface area contributed by atoms with E-state index in [9.17, 15) is 0 Å². The highest BCUT2D eigenvalue weighted by Crippen LogP contribution is 2.42. The third-order valence-corrected chi connectivity index (χ3v) is 6.68. The first kappa shape index (κ1) is 24.0. The van der Waals surface area contributed by atoms with Gasteiger partial charge in [0.1, 0.15) is 11.2 Å². The van der Waals surface area contributed by atoms with Crippen LogP contribution in [0.2, 0.25) is 0 Å². The van der Waals surface area contributed by atoms with E-state index in [0.29, 0.717) is 0 Å². The van der Waals surface area contributed by atoms with E-state index in [4.69, 9.17) is 8.39 Å². The molecule has 0 N–H and O–H groups in total. The number of fused-ring (bicyclic) bond motifs is 3. The van der Waals surface area contributed by atoms with Crippen LogP contribution in [0, 0.1) is 0 Å². The van der Waals surface area contributed by atoms with Gasteiger partial charge in [0.2, 0.25) is 8.67 Å². The second-order valence-corrected chi connectivity index (χ2v) is 13.7. The molecule has 2 aromatic carbocycles. The Morgan fingerprint density at radius 1 is 0.484 bits per heavy atom. The van der Waals surface area contributed by atoms with Crippen molar-refractivity contribution < 1.29 is 8.39 Å². The highest BCUT2D eigenvalue weighted by molar-refractivity contribution is 7.15. The van der Waals surface area contributed by atoms with E-state index in [1.54, 1.807) is 0 Å². The van der Waals surface area contributed by atoms with Crippen molar-refractivity contribution in [3.63, 3.8) is 0 Å². The van der Waals surface area contributed by atoms with Crippen LogP contribution in [0.25, 0.3) is 21.9 Å². The molecule has 0 saturated heterocycles. The van der Waals surface area contributed by atoms with Gasteiger partial charge in [-0.1, -0.05) is 95.2 Å². The summed E-state index contributed by atoms with van der Waals surface area (Å²) in [6.07, 6.45) is 0. The lowest BCUT2D eigenvalue weighted by molar-refractivity contribution is 0.559. The lowest BCUT2D eigenvalue weighted by Gasteiger charge is -2.27. The van der Waals surface area contributed by atoms with Gasteiger partial charge in [0.25, 0.3) is 0 Å². The van der Waals surface area contributed by atoms with Crippen molar-refractivity contribution in [2.24, 2.45) is 0 Å². The average Bonchev–Trinajstić information content (AvgIpc) is 2.76. The molecule has 1 heterocycles. The van der Waals surface area contributed by atoms with Gasteiger partial charge in [-0.3, -0.25) is 0 Å². The van der Waals surface area contributed by atoms with E-state index < -0.39 is 0 Å². The highest BCUT2D eigenvalue weighted by atomic mass is 31.1. The lowest BCUT2D eigenvalue weighted by Crippen LogP contribution is -2.17. The fourth-order valence-electron chi connectivity index (χ4n) is 3.96. The highest BCUT2D eigenvalue weighted by Gasteiger charge is 2.27. The SMILES string of the molecule is CC(C)(C)c1cc(C(C)(C)C)c2o[pH]oc3c(C(C)(C)C)cc(C(C)(C)C)cc3c2c1. The molecule has 0 amide bonds. The van der Waals surface area contributed by atoms with Crippen molar-refractivity contribution in [2.75, 3.05) is 0 Å². The molecule has 0 aliphatic carbocycles. The number of benzene rings is 2. The summed E-state index contributed by atoms with van der Waals surface area (Å²) in [5.74, 6) is 0. The zero-order valence-electron chi connectivity index (χ0n) is 21.6. The average molecular weight is 441 g/mol. The molecule has 0 saturated carbocycles. The van der Waals surface area contributed by atoms with Gasteiger partial charge in [0, 0.05) is 21.9 Å². The van der Waals surface area contributed by atoms with Gasteiger partial charge in [-0.2, -0.15) is 0 Å². The summed E-state index contributed by atoms with van der Waals surface area (Å²) in [7, 11) is -0.0534. The van der Waals surface area contributed by atoms with Gasteiger partial charge < -0.3 is 8.39 Å². The van der Waals surface area contributed by atoms with E-state index in [1.807, 2.05) is 0 Å². The molecule has 0 fully saturated rings. The zero-order valence-corrected chi connectivity index (χ0v) is 22.6. The van der Waals surface area contributed by atoms with Crippen molar-refractivity contribution in [3.8, 4) is 0 Å². The summed E-state index contributed by atoms with van der Waals surface area (Å²) in [5.41, 5.74) is 7.12. The van der Waals surface area contributed by atoms with E-state index in [-0.39, 0.29) is 30.3 Å². The van der Waals surface area contributed by atoms with Crippen LogP contribution in [0.3, 0.4) is 0 Å². The molecule has 31 heavy (non-hydrogen) atoms. The summed E-state index contributed by atoms with van der Waals surface area (Å²) in [6, 6.07) is 9.35. The summed E-state index contributed by atoms with van der Waals surface area (Å²) in [5, 5.41) is 2.32. The standard InChI is InChI=1S/C28H41O2P/c1-25(2,3)17-13-19-20-14-18(26(4,5)6)16-22(28(10,11)12)24(20)30-31-29-23(19)21(15-17)27(7,8)9/h13-16,31H,1-12H3. The van der Waals surface area contributed by atoms with Crippen LogP contribution in [-0.4, -0.2) is 0 Å². The Morgan fingerprint density at radius 3 is 1.06 bits per heavy atom. The largest absolute Gasteiger partial charge is 0.421 e. The number of rotatable bonds is 0. The second-order valence-electron chi connectivity index (χ2n) is 13.1. The molecule has 0 aliphatic rings. The number of hydrogen-bond donors (Lipinski definition) is 0. The fraction of sp³-hybridized carbons (Fsp3) is 0.571. The maximum Gasteiger partial charge on any atom is 0.201 e. The third-order valence-electron chi connectivity index (χ3n) is 6.10. The quantitative estimate of drug-likeness (QED) is 0.348. The Bertz CT molecular complexity index is 1060. The molecule has 2 nitrogen and oxygen atoms in total. The zero-order chi connectivity index (χ0) is 23.6. The van der Waals surface area contributed by atoms with Gasteiger partial charge >= 0.3 is 0 Å². The van der Waals surface area contributed by atoms with E-state index in [0.717, 1.165) is 21.9 Å². The molecule has 0 bridgehead atoms. The van der Waals surface area contributed by atoms with E-state index in [2.05, 4.69) is 107 Å². The molecular weight excluding hydrogens is 399 g/mol. The molecule has 170 valence electrons. The molecule has 3 rings (SSSR count). The van der Waals surface area contributed by atoms with E-state index >= 15 is 0 Å². The van der Waals surface area contributed by atoms with Crippen LogP contribution in [0.4, 0.5) is 0 Å². The lowest BCUT2D eigenvalue weighted by atomic mass is 9.77. The smallest absolute Gasteiger partial charge is 0.201 e. The minimum absolute atomic E-state index is 0.0329. The monoisotopic (exact) mass is 440 g/mol. The molecule has 3 aromatic rings. The first-order chi connectivity index (χ1) is 13.9. The Balaban J connectivity index is 2.68. The molecule has 0 unspecified atom stereocenters. The van der Waals surface area contributed by atoms with Crippen LogP contribution >= 0.6 is 8.67 Å². The molecule has 0 atom stereocenters. The minimum atomic E-state index is -0.0534. The van der Waals surface area contributed by atoms with Crippen molar-refractivity contribution in [1.82, 2.24) is 0 Å². The Hall–Kier alpha value is -1.66. The van der Waals surface area contributed by atoms with Crippen LogP contribution < -0.4 is 0 Å². The summed E-state index contributed by atoms with van der Waals surface area (Å²) < 4.78 is 12.7. The van der Waals surface area contributed by atoms with Gasteiger partial charge in [-0.25, -0.2) is 0 Å². The molecule has 0 radical (unpaired) electrons. The Morgan fingerprint density at radius 2 is 0.806 bits per heavy atom. The summed E-state index contributed by atoms with van der Waals surface area (Å²) >= 11 is 0. The molecule has 0 spiro atoms. The molecular formula is C28H41O2P.